The van der Waals surface area contributed by atoms with Crippen molar-refractivity contribution in [3.05, 3.63) is 23.3 Å². The van der Waals surface area contributed by atoms with E-state index in [-0.39, 0.29) is 17.7 Å². The average molecular weight is 504 g/mol. The summed E-state index contributed by atoms with van der Waals surface area (Å²) in [5.41, 5.74) is 4.74. The van der Waals surface area contributed by atoms with Crippen LogP contribution in [-0.2, 0) is 14.9 Å². The Morgan fingerprint density at radius 2 is 1.97 bits per heavy atom. The van der Waals surface area contributed by atoms with Crippen molar-refractivity contribution in [1.82, 2.24) is 10.0 Å². The van der Waals surface area contributed by atoms with Crippen LogP contribution in [0.15, 0.2) is 23.3 Å². The molecule has 7 heteroatoms. The Morgan fingerprint density at radius 3 is 2.74 bits per heavy atom. The number of rotatable bonds is 2. The Bertz CT molecular complexity index is 1040. The fourth-order valence-electron chi connectivity index (χ4n) is 9.75. The maximum Gasteiger partial charge on any atom is 0.274 e. The first-order chi connectivity index (χ1) is 16.5. The lowest BCUT2D eigenvalue weighted by Gasteiger charge is -2.54. The van der Waals surface area contributed by atoms with Gasteiger partial charge in [-0.15, -0.1) is 0 Å². The molecule has 0 aromatic rings. The highest BCUT2D eigenvalue weighted by molar-refractivity contribution is 7.87. The van der Waals surface area contributed by atoms with Gasteiger partial charge >= 0.3 is 0 Å². The quantitative estimate of drug-likeness (QED) is 0.493. The van der Waals surface area contributed by atoms with Crippen molar-refractivity contribution in [2.24, 2.45) is 40.1 Å². The van der Waals surface area contributed by atoms with Crippen molar-refractivity contribution < 1.29 is 13.2 Å². The molecule has 35 heavy (non-hydrogen) atoms. The topological polar surface area (TPSA) is 93.4 Å². The van der Waals surface area contributed by atoms with Crippen LogP contribution in [0, 0.1) is 35.0 Å². The van der Waals surface area contributed by atoms with Gasteiger partial charge in [0.2, 0.25) is 0 Å². The molecular formula is C28H45N3O3S. The first kappa shape index (κ1) is 24.6. The highest BCUT2D eigenvalue weighted by atomic mass is 32.2. The smallest absolute Gasteiger partial charge is 0.274 e. The molecule has 10 atom stereocenters. The second-order valence-corrected chi connectivity index (χ2v) is 14.7. The van der Waals surface area contributed by atoms with Crippen LogP contribution in [0.2, 0.25) is 0 Å². The SMILES string of the molecule is C=C1[C@@H]2NC[C@@H](C)C[C@H]2O[C@]12CC[C@@H]1C(=C(C)C2)C[C@H]2[C@H]1CC[C@@H]1C[C@@H](NS(N)(=O)=O)CC[C@@]12C. The Morgan fingerprint density at radius 1 is 1.17 bits per heavy atom. The molecule has 6 rings (SSSR count). The number of hydrogen-bond donors (Lipinski definition) is 3. The summed E-state index contributed by atoms with van der Waals surface area (Å²) in [5.74, 6) is 3.41. The van der Waals surface area contributed by atoms with E-state index in [0.29, 0.717) is 29.2 Å². The van der Waals surface area contributed by atoms with Gasteiger partial charge in [-0.1, -0.05) is 31.6 Å². The fraction of sp³-hybridized carbons (Fsp3) is 0.857. The van der Waals surface area contributed by atoms with E-state index in [4.69, 9.17) is 9.88 Å². The molecule has 4 aliphatic carbocycles. The molecular weight excluding hydrogens is 458 g/mol. The van der Waals surface area contributed by atoms with Gasteiger partial charge in [-0.3, -0.25) is 0 Å². The monoisotopic (exact) mass is 503 g/mol. The molecule has 3 saturated carbocycles. The van der Waals surface area contributed by atoms with Gasteiger partial charge < -0.3 is 10.1 Å². The molecule has 0 radical (unpaired) electrons. The number of ether oxygens (including phenoxy) is 1. The molecule has 2 saturated heterocycles. The van der Waals surface area contributed by atoms with Crippen LogP contribution in [0.5, 0.6) is 0 Å². The van der Waals surface area contributed by atoms with Crippen molar-refractivity contribution in [2.75, 3.05) is 6.54 Å². The average Bonchev–Trinajstić information content (AvgIpc) is 3.23. The molecule has 0 bridgehead atoms. The molecule has 2 aliphatic heterocycles. The predicted octanol–water partition coefficient (Wildman–Crippen LogP) is 4.19. The molecule has 6 nitrogen and oxygen atoms in total. The number of hydrogen-bond acceptors (Lipinski definition) is 4. The number of nitrogens with two attached hydrogens (primary N) is 1. The molecule has 0 aromatic carbocycles. The van der Waals surface area contributed by atoms with Gasteiger partial charge in [0.05, 0.1) is 17.7 Å². The second kappa shape index (κ2) is 8.39. The van der Waals surface area contributed by atoms with Crippen LogP contribution in [0.25, 0.3) is 0 Å². The van der Waals surface area contributed by atoms with E-state index < -0.39 is 10.2 Å². The zero-order chi connectivity index (χ0) is 24.8. The van der Waals surface area contributed by atoms with Crippen molar-refractivity contribution in [3.63, 3.8) is 0 Å². The van der Waals surface area contributed by atoms with E-state index in [0.717, 1.165) is 56.9 Å². The van der Waals surface area contributed by atoms with Crippen LogP contribution >= 0.6 is 0 Å². The van der Waals surface area contributed by atoms with Gasteiger partial charge in [0.15, 0.2) is 0 Å². The van der Waals surface area contributed by atoms with Crippen LogP contribution in [0.1, 0.15) is 85.0 Å². The zero-order valence-corrected chi connectivity index (χ0v) is 22.6. The Balaban J connectivity index is 1.22. The summed E-state index contributed by atoms with van der Waals surface area (Å²) in [7, 11) is -3.64. The number of nitrogens with one attached hydrogen (secondary N) is 2. The Hall–Kier alpha value is -0.730. The standard InChI is InChI=1S/C28H45N3O3S/c1-16-11-25-26(30-15-16)18(3)28(34-25)10-8-21-22-6-5-19-12-20(31-35(29,32)33)7-9-27(19,4)24(22)13-23(21)17(2)14-28/h16,19-22,24-26,30-31H,3,5-15H2,1-2,4H3,(H2,29,32,33)/t16-,19+,20-,21-,22-,24-,25+,26-,27-,28-/m0/s1. The number of piperidine rings is 1. The minimum absolute atomic E-state index is 0.00213. The van der Waals surface area contributed by atoms with E-state index in [1.807, 2.05) is 0 Å². The fourth-order valence-corrected chi connectivity index (χ4v) is 10.4. The Kier molecular flexibility index (Phi) is 5.89. The molecule has 196 valence electrons. The third-order valence-corrected chi connectivity index (χ3v) is 12.1. The molecule has 1 spiro atoms. The molecule has 2 heterocycles. The van der Waals surface area contributed by atoms with E-state index in [1.54, 1.807) is 11.1 Å². The third-order valence-electron chi connectivity index (χ3n) is 11.5. The minimum Gasteiger partial charge on any atom is -0.365 e. The van der Waals surface area contributed by atoms with Gasteiger partial charge in [0, 0.05) is 12.5 Å². The van der Waals surface area contributed by atoms with Crippen LogP contribution in [-0.4, -0.2) is 38.8 Å². The molecule has 0 amide bonds. The van der Waals surface area contributed by atoms with Gasteiger partial charge in [-0.2, -0.15) is 13.1 Å². The summed E-state index contributed by atoms with van der Waals surface area (Å²) >= 11 is 0. The van der Waals surface area contributed by atoms with E-state index in [9.17, 15) is 8.42 Å². The zero-order valence-electron chi connectivity index (χ0n) is 21.8. The summed E-state index contributed by atoms with van der Waals surface area (Å²) in [5, 5.41) is 9.05. The number of fused-ring (bicyclic) bond motifs is 6. The normalized spacial score (nSPS) is 49.9. The maximum absolute atomic E-state index is 11.6. The summed E-state index contributed by atoms with van der Waals surface area (Å²) in [4.78, 5) is 0. The molecule has 5 fully saturated rings. The van der Waals surface area contributed by atoms with E-state index in [2.05, 4.69) is 37.4 Å². The Labute approximate surface area is 212 Å². The van der Waals surface area contributed by atoms with Crippen LogP contribution < -0.4 is 15.2 Å². The maximum atomic E-state index is 11.6. The van der Waals surface area contributed by atoms with Gasteiger partial charge in [0.1, 0.15) is 0 Å². The summed E-state index contributed by atoms with van der Waals surface area (Å²) in [6, 6.07) is 0.322. The minimum atomic E-state index is -3.64. The third kappa shape index (κ3) is 3.99. The van der Waals surface area contributed by atoms with Gasteiger partial charge in [0.25, 0.3) is 10.2 Å². The lowest BCUT2D eigenvalue weighted by atomic mass is 9.52. The first-order valence-corrected chi connectivity index (χ1v) is 15.6. The molecule has 4 N–H and O–H groups in total. The predicted molar refractivity (Wildman–Crippen MR) is 139 cm³/mol. The lowest BCUT2D eigenvalue weighted by molar-refractivity contribution is -0.0570. The molecule has 0 unspecified atom stereocenters. The highest BCUT2D eigenvalue weighted by Gasteiger charge is 2.58. The summed E-state index contributed by atoms with van der Waals surface area (Å²) in [6.07, 6.45) is 11.4. The summed E-state index contributed by atoms with van der Waals surface area (Å²) < 4.78 is 32.9. The summed E-state index contributed by atoms with van der Waals surface area (Å²) in [6.45, 7) is 12.9. The van der Waals surface area contributed by atoms with Gasteiger partial charge in [-0.05, 0) is 112 Å². The molecule has 6 aliphatic rings. The van der Waals surface area contributed by atoms with Crippen LogP contribution in [0.4, 0.5) is 0 Å². The van der Waals surface area contributed by atoms with Crippen molar-refractivity contribution in [1.29, 1.82) is 0 Å². The van der Waals surface area contributed by atoms with Gasteiger partial charge in [-0.25, -0.2) is 5.14 Å². The highest BCUT2D eigenvalue weighted by Crippen LogP contribution is 2.65. The van der Waals surface area contributed by atoms with Crippen molar-refractivity contribution in [2.45, 2.75) is 109 Å². The lowest BCUT2D eigenvalue weighted by Crippen LogP contribution is -2.51. The largest absolute Gasteiger partial charge is 0.365 e. The first-order valence-electron chi connectivity index (χ1n) is 14.1. The van der Waals surface area contributed by atoms with Crippen molar-refractivity contribution >= 4 is 10.2 Å². The molecule has 0 aromatic heterocycles. The van der Waals surface area contributed by atoms with E-state index in [1.165, 1.54) is 31.3 Å². The number of allylic oxidation sites excluding steroid dienone is 1. The van der Waals surface area contributed by atoms with E-state index >= 15 is 0 Å². The van der Waals surface area contributed by atoms with Crippen LogP contribution in [0.3, 0.4) is 0 Å². The van der Waals surface area contributed by atoms with Crippen molar-refractivity contribution in [3.8, 4) is 0 Å². The second-order valence-electron chi connectivity index (χ2n) is 13.4.